The first kappa shape index (κ1) is 8.84. The topological polar surface area (TPSA) is 23.8 Å². The van der Waals surface area contributed by atoms with E-state index in [9.17, 15) is 0 Å². The Morgan fingerprint density at radius 1 is 1.17 bits per heavy atom. The second-order valence-electron chi connectivity index (χ2n) is 2.12. The maximum atomic E-state index is 8.51. The van der Waals surface area contributed by atoms with E-state index >= 15 is 0 Å². The van der Waals surface area contributed by atoms with E-state index in [0.717, 1.165) is 5.56 Å². The van der Waals surface area contributed by atoms with Crippen molar-refractivity contribution in [3.63, 3.8) is 0 Å². The molecule has 0 aliphatic carbocycles. The van der Waals surface area contributed by atoms with Gasteiger partial charge in [0.2, 0.25) is 0 Å². The van der Waals surface area contributed by atoms with Crippen molar-refractivity contribution in [1.82, 2.24) is 0 Å². The molecule has 0 aliphatic heterocycles. The van der Waals surface area contributed by atoms with Crippen molar-refractivity contribution in [1.29, 1.82) is 5.26 Å². The Balaban J connectivity index is 2.87. The highest BCUT2D eigenvalue weighted by atomic mass is 79.9. The molecule has 0 fully saturated rings. The van der Waals surface area contributed by atoms with Crippen molar-refractivity contribution in [2.75, 3.05) is 5.33 Å². The highest BCUT2D eigenvalue weighted by Gasteiger charge is 1.88. The Bertz CT molecular complexity index is 348. The minimum atomic E-state index is 0.666. The summed E-state index contributed by atoms with van der Waals surface area (Å²) in [5, 5.41) is 9.18. The summed E-state index contributed by atoms with van der Waals surface area (Å²) in [4.78, 5) is 0. The fourth-order valence-corrected chi connectivity index (χ4v) is 0.904. The zero-order chi connectivity index (χ0) is 8.81. The molecule has 1 rings (SSSR count). The first-order valence-corrected chi connectivity index (χ1v) is 4.54. The van der Waals surface area contributed by atoms with Crippen LogP contribution in [0.5, 0.6) is 0 Å². The molecule has 0 N–H and O–H groups in total. The molecule has 0 saturated carbocycles. The summed E-state index contributed by atoms with van der Waals surface area (Å²) in [7, 11) is 0. The van der Waals surface area contributed by atoms with Gasteiger partial charge in [0, 0.05) is 5.56 Å². The van der Waals surface area contributed by atoms with Crippen molar-refractivity contribution < 1.29 is 0 Å². The summed E-state index contributed by atoms with van der Waals surface area (Å²) in [5.41, 5.74) is 1.60. The SMILES string of the molecule is N#Cc1ccc(C#CCBr)cc1. The van der Waals surface area contributed by atoms with Gasteiger partial charge >= 0.3 is 0 Å². The Morgan fingerprint density at radius 2 is 1.75 bits per heavy atom. The number of alkyl halides is 1. The predicted molar refractivity (Wildman–Crippen MR) is 51.8 cm³/mol. The summed E-state index contributed by atoms with van der Waals surface area (Å²) in [6.07, 6.45) is 0. The molecule has 12 heavy (non-hydrogen) atoms. The molecule has 58 valence electrons. The molecule has 0 spiro atoms. The van der Waals surface area contributed by atoms with Gasteiger partial charge in [0.25, 0.3) is 0 Å². The van der Waals surface area contributed by atoms with Crippen LogP contribution < -0.4 is 0 Å². The van der Waals surface area contributed by atoms with Crippen molar-refractivity contribution in [3.8, 4) is 17.9 Å². The van der Waals surface area contributed by atoms with E-state index < -0.39 is 0 Å². The maximum absolute atomic E-state index is 8.51. The maximum Gasteiger partial charge on any atom is 0.0991 e. The number of nitriles is 1. The van der Waals surface area contributed by atoms with Gasteiger partial charge in [-0.3, -0.25) is 0 Å². The van der Waals surface area contributed by atoms with Gasteiger partial charge in [-0.05, 0) is 24.3 Å². The van der Waals surface area contributed by atoms with Gasteiger partial charge in [-0.25, -0.2) is 0 Å². The number of hydrogen-bond donors (Lipinski definition) is 0. The molecule has 0 amide bonds. The van der Waals surface area contributed by atoms with Crippen LogP contribution in [0.1, 0.15) is 11.1 Å². The molecular formula is C10H6BrN. The molecule has 0 bridgehead atoms. The first-order chi connectivity index (χ1) is 5.86. The predicted octanol–water partition coefficient (Wildman–Crippen LogP) is 2.30. The van der Waals surface area contributed by atoms with Crippen LogP contribution in [0.3, 0.4) is 0 Å². The van der Waals surface area contributed by atoms with Crippen LogP contribution >= 0.6 is 15.9 Å². The zero-order valence-electron chi connectivity index (χ0n) is 6.34. The van der Waals surface area contributed by atoms with Crippen molar-refractivity contribution in [2.45, 2.75) is 0 Å². The normalized spacial score (nSPS) is 8.00. The highest BCUT2D eigenvalue weighted by molar-refractivity contribution is 9.09. The molecule has 0 heterocycles. The summed E-state index contributed by atoms with van der Waals surface area (Å²) >= 11 is 3.21. The Kier molecular flexibility index (Phi) is 3.38. The number of nitrogens with zero attached hydrogens (tertiary/aromatic N) is 1. The summed E-state index contributed by atoms with van der Waals surface area (Å²) in [6, 6.07) is 9.26. The van der Waals surface area contributed by atoms with Gasteiger partial charge in [0.1, 0.15) is 0 Å². The van der Waals surface area contributed by atoms with Crippen LogP contribution in [0.25, 0.3) is 0 Å². The lowest BCUT2D eigenvalue weighted by Crippen LogP contribution is -1.76. The monoisotopic (exact) mass is 219 g/mol. The third-order valence-corrected chi connectivity index (χ3v) is 1.59. The molecule has 1 aromatic rings. The average molecular weight is 220 g/mol. The Labute approximate surface area is 80.2 Å². The highest BCUT2D eigenvalue weighted by Crippen LogP contribution is 2.01. The number of hydrogen-bond acceptors (Lipinski definition) is 1. The van der Waals surface area contributed by atoms with Crippen molar-refractivity contribution in [3.05, 3.63) is 35.4 Å². The third kappa shape index (κ3) is 2.42. The lowest BCUT2D eigenvalue weighted by Gasteiger charge is -1.88. The first-order valence-electron chi connectivity index (χ1n) is 3.42. The lowest BCUT2D eigenvalue weighted by molar-refractivity contribution is 1.48. The van der Waals surface area contributed by atoms with Gasteiger partial charge in [0.05, 0.1) is 17.0 Å². The van der Waals surface area contributed by atoms with Crippen molar-refractivity contribution >= 4 is 15.9 Å². The quantitative estimate of drug-likeness (QED) is 0.486. The third-order valence-electron chi connectivity index (χ3n) is 1.31. The largest absolute Gasteiger partial charge is 0.192 e. The van der Waals surface area contributed by atoms with E-state index in [0.29, 0.717) is 10.9 Å². The van der Waals surface area contributed by atoms with Crippen LogP contribution in [0.15, 0.2) is 24.3 Å². The standard InChI is InChI=1S/C10H6BrN/c11-7-1-2-9-3-5-10(8-12)6-4-9/h3-6H,7H2. The van der Waals surface area contributed by atoms with Gasteiger partial charge in [-0.1, -0.05) is 27.8 Å². The fourth-order valence-electron chi connectivity index (χ4n) is 0.764. The van der Waals surface area contributed by atoms with Crippen LogP contribution in [0.4, 0.5) is 0 Å². The molecule has 1 aromatic carbocycles. The average Bonchev–Trinajstić information content (AvgIpc) is 2.15. The van der Waals surface area contributed by atoms with E-state index in [4.69, 9.17) is 5.26 Å². The molecule has 2 heteroatoms. The van der Waals surface area contributed by atoms with E-state index in [-0.39, 0.29) is 0 Å². The molecule has 0 atom stereocenters. The van der Waals surface area contributed by atoms with E-state index in [1.165, 1.54) is 0 Å². The summed E-state index contributed by atoms with van der Waals surface area (Å²) in [6.45, 7) is 0. The molecule has 0 radical (unpaired) electrons. The van der Waals surface area contributed by atoms with Crippen LogP contribution in [-0.2, 0) is 0 Å². The zero-order valence-corrected chi connectivity index (χ0v) is 7.93. The van der Waals surface area contributed by atoms with E-state index in [1.54, 1.807) is 12.1 Å². The molecule has 0 aromatic heterocycles. The fraction of sp³-hybridized carbons (Fsp3) is 0.100. The molecule has 1 nitrogen and oxygen atoms in total. The minimum Gasteiger partial charge on any atom is -0.192 e. The van der Waals surface area contributed by atoms with Crippen molar-refractivity contribution in [2.24, 2.45) is 0 Å². The Hall–Kier alpha value is -1.25. The van der Waals surface area contributed by atoms with Crippen LogP contribution in [0.2, 0.25) is 0 Å². The molecule has 0 unspecified atom stereocenters. The Morgan fingerprint density at radius 3 is 2.25 bits per heavy atom. The number of rotatable bonds is 0. The summed E-state index contributed by atoms with van der Waals surface area (Å²) < 4.78 is 0. The molecular weight excluding hydrogens is 214 g/mol. The molecule has 0 aliphatic rings. The summed E-state index contributed by atoms with van der Waals surface area (Å²) in [5.74, 6) is 5.83. The second-order valence-corrected chi connectivity index (χ2v) is 2.69. The smallest absolute Gasteiger partial charge is 0.0991 e. The van der Waals surface area contributed by atoms with Crippen LogP contribution in [0, 0.1) is 23.2 Å². The minimum absolute atomic E-state index is 0.666. The number of halogens is 1. The molecule has 0 saturated heterocycles. The van der Waals surface area contributed by atoms with Crippen LogP contribution in [-0.4, -0.2) is 5.33 Å². The van der Waals surface area contributed by atoms with Gasteiger partial charge in [0.15, 0.2) is 0 Å². The van der Waals surface area contributed by atoms with Gasteiger partial charge in [-0.15, -0.1) is 0 Å². The van der Waals surface area contributed by atoms with Gasteiger partial charge < -0.3 is 0 Å². The lowest BCUT2D eigenvalue weighted by atomic mass is 10.1. The van der Waals surface area contributed by atoms with E-state index in [2.05, 4.69) is 33.8 Å². The van der Waals surface area contributed by atoms with Gasteiger partial charge in [-0.2, -0.15) is 5.26 Å². The number of benzene rings is 1. The van der Waals surface area contributed by atoms with E-state index in [1.807, 2.05) is 12.1 Å². The second kappa shape index (κ2) is 4.59.